The van der Waals surface area contributed by atoms with Crippen LogP contribution in [0, 0.1) is 10.1 Å². The van der Waals surface area contributed by atoms with Crippen LogP contribution in [0.15, 0.2) is 41.1 Å². The van der Waals surface area contributed by atoms with Crippen molar-refractivity contribution in [2.45, 2.75) is 6.61 Å². The number of nitro groups is 1. The molecule has 0 amide bonds. The van der Waals surface area contributed by atoms with E-state index in [1.807, 2.05) is 0 Å². The molecule has 7 nitrogen and oxygen atoms in total. The van der Waals surface area contributed by atoms with Gasteiger partial charge in [-0.2, -0.15) is 0 Å². The Hall–Kier alpha value is -2.48. The van der Waals surface area contributed by atoms with Crippen LogP contribution in [0.25, 0.3) is 0 Å². The summed E-state index contributed by atoms with van der Waals surface area (Å²) in [7, 11) is 0. The molecule has 108 valence electrons. The van der Waals surface area contributed by atoms with Gasteiger partial charge in [0.2, 0.25) is 0 Å². The zero-order valence-electron chi connectivity index (χ0n) is 10.5. The number of pyridine rings is 1. The highest BCUT2D eigenvalue weighted by molar-refractivity contribution is 9.10. The van der Waals surface area contributed by atoms with Gasteiger partial charge in [-0.3, -0.25) is 15.1 Å². The molecule has 0 atom stereocenters. The minimum atomic E-state index is -1.41. The van der Waals surface area contributed by atoms with E-state index in [0.717, 1.165) is 10.5 Å². The van der Waals surface area contributed by atoms with E-state index in [0.29, 0.717) is 5.56 Å². The number of aromatic nitrogens is 1. The average Bonchev–Trinajstić information content (AvgIpc) is 2.44. The molecule has 0 saturated heterocycles. The largest absolute Gasteiger partial charge is 0.488 e. The third kappa shape index (κ3) is 3.54. The number of nitrogens with zero attached hydrogens (tertiary/aromatic N) is 2. The van der Waals surface area contributed by atoms with Gasteiger partial charge in [0.15, 0.2) is 5.56 Å². The number of halogens is 1. The first-order chi connectivity index (χ1) is 9.99. The summed E-state index contributed by atoms with van der Waals surface area (Å²) in [6.45, 7) is 0.0495. The van der Waals surface area contributed by atoms with E-state index in [1.54, 1.807) is 18.5 Å². The summed E-state index contributed by atoms with van der Waals surface area (Å²) in [5.41, 5.74) is -0.273. The Morgan fingerprint density at radius 1 is 1.43 bits per heavy atom. The summed E-state index contributed by atoms with van der Waals surface area (Å²) in [6.07, 6.45) is 3.15. The molecule has 2 rings (SSSR count). The summed E-state index contributed by atoms with van der Waals surface area (Å²) in [5.74, 6) is -1.47. The lowest BCUT2D eigenvalue weighted by atomic mass is 10.1. The highest BCUT2D eigenvalue weighted by Gasteiger charge is 2.24. The number of carboxylic acids is 1. The van der Waals surface area contributed by atoms with Gasteiger partial charge in [-0.15, -0.1) is 0 Å². The molecule has 0 saturated carbocycles. The topological polar surface area (TPSA) is 103 Å². The van der Waals surface area contributed by atoms with E-state index < -0.39 is 22.1 Å². The number of hydrogen-bond donors (Lipinski definition) is 1. The van der Waals surface area contributed by atoms with Gasteiger partial charge in [0.25, 0.3) is 5.69 Å². The van der Waals surface area contributed by atoms with Crippen LogP contribution in [0.2, 0.25) is 0 Å². The summed E-state index contributed by atoms with van der Waals surface area (Å²) >= 11 is 3.26. The molecule has 0 bridgehead atoms. The molecule has 0 spiro atoms. The molecule has 0 aliphatic carbocycles. The fourth-order valence-corrected chi connectivity index (χ4v) is 2.12. The van der Waals surface area contributed by atoms with Crippen molar-refractivity contribution in [1.82, 2.24) is 4.98 Å². The molecule has 1 N–H and O–H groups in total. The third-order valence-corrected chi connectivity index (χ3v) is 3.00. The van der Waals surface area contributed by atoms with E-state index >= 15 is 0 Å². The van der Waals surface area contributed by atoms with Crippen LogP contribution in [-0.2, 0) is 6.61 Å². The van der Waals surface area contributed by atoms with E-state index in [1.165, 1.54) is 12.1 Å². The summed E-state index contributed by atoms with van der Waals surface area (Å²) < 4.78 is 6.14. The first kappa shape index (κ1) is 14.9. The number of hydrogen-bond acceptors (Lipinski definition) is 5. The number of ether oxygens (including phenoxy) is 1. The monoisotopic (exact) mass is 352 g/mol. The van der Waals surface area contributed by atoms with Crippen molar-refractivity contribution < 1.29 is 19.6 Å². The van der Waals surface area contributed by atoms with Crippen molar-refractivity contribution in [3.63, 3.8) is 0 Å². The second kappa shape index (κ2) is 6.31. The van der Waals surface area contributed by atoms with Gasteiger partial charge in [-0.25, -0.2) is 4.79 Å². The number of carbonyl (C=O) groups is 1. The van der Waals surface area contributed by atoms with E-state index in [2.05, 4.69) is 20.9 Å². The van der Waals surface area contributed by atoms with Crippen molar-refractivity contribution in [3.05, 3.63) is 62.4 Å². The molecular weight excluding hydrogens is 344 g/mol. The van der Waals surface area contributed by atoms with Gasteiger partial charge >= 0.3 is 5.97 Å². The standard InChI is InChI=1S/C13H9BrN2O5/c14-9-4-8(5-15-6-9)7-21-11-3-1-2-10(16(19)20)12(11)13(17)18/h1-6H,7H2,(H,17,18). The minimum absolute atomic E-state index is 0.0495. The normalized spacial score (nSPS) is 10.1. The zero-order valence-corrected chi connectivity index (χ0v) is 12.1. The zero-order chi connectivity index (χ0) is 15.4. The van der Waals surface area contributed by atoms with Gasteiger partial charge < -0.3 is 9.84 Å². The SMILES string of the molecule is O=C(O)c1c(OCc2cncc(Br)c2)cccc1[N+](=O)[O-]. The number of rotatable bonds is 5. The van der Waals surface area contributed by atoms with Crippen LogP contribution in [0.3, 0.4) is 0 Å². The van der Waals surface area contributed by atoms with Gasteiger partial charge in [-0.1, -0.05) is 6.07 Å². The molecule has 21 heavy (non-hydrogen) atoms. The molecule has 1 aromatic carbocycles. The van der Waals surface area contributed by atoms with Crippen molar-refractivity contribution in [2.75, 3.05) is 0 Å². The second-order valence-corrected chi connectivity index (χ2v) is 4.93. The lowest BCUT2D eigenvalue weighted by molar-refractivity contribution is -0.385. The smallest absolute Gasteiger partial charge is 0.346 e. The van der Waals surface area contributed by atoms with Crippen molar-refractivity contribution in [1.29, 1.82) is 0 Å². The Bertz CT molecular complexity index is 705. The maximum atomic E-state index is 11.2. The second-order valence-electron chi connectivity index (χ2n) is 4.01. The maximum Gasteiger partial charge on any atom is 0.346 e. The number of benzene rings is 1. The molecule has 0 unspecified atom stereocenters. The van der Waals surface area contributed by atoms with E-state index in [-0.39, 0.29) is 12.4 Å². The van der Waals surface area contributed by atoms with Crippen molar-refractivity contribution in [3.8, 4) is 5.75 Å². The van der Waals surface area contributed by atoms with E-state index in [4.69, 9.17) is 9.84 Å². The van der Waals surface area contributed by atoms with Crippen LogP contribution in [0.5, 0.6) is 5.75 Å². The molecule has 2 aromatic rings. The minimum Gasteiger partial charge on any atom is -0.488 e. The quantitative estimate of drug-likeness (QED) is 0.655. The van der Waals surface area contributed by atoms with Crippen molar-refractivity contribution >= 4 is 27.6 Å². The van der Waals surface area contributed by atoms with Crippen LogP contribution >= 0.6 is 15.9 Å². The Labute approximate surface area is 127 Å². The van der Waals surface area contributed by atoms with E-state index in [9.17, 15) is 14.9 Å². The molecule has 8 heteroatoms. The van der Waals surface area contributed by atoms with Gasteiger partial charge in [0, 0.05) is 28.5 Å². The number of carboxylic acid groups (broad SMARTS) is 1. The molecule has 0 radical (unpaired) electrons. The molecule has 1 aromatic heterocycles. The molecule has 0 fully saturated rings. The lowest BCUT2D eigenvalue weighted by Crippen LogP contribution is -2.07. The molecule has 0 aliphatic heterocycles. The Morgan fingerprint density at radius 3 is 2.81 bits per heavy atom. The maximum absolute atomic E-state index is 11.2. The van der Waals surface area contributed by atoms with Crippen LogP contribution in [-0.4, -0.2) is 21.0 Å². The first-order valence-electron chi connectivity index (χ1n) is 5.72. The third-order valence-electron chi connectivity index (χ3n) is 2.57. The molecular formula is C13H9BrN2O5. The molecule has 0 aliphatic rings. The van der Waals surface area contributed by atoms with Crippen LogP contribution in [0.1, 0.15) is 15.9 Å². The Morgan fingerprint density at radius 2 is 2.19 bits per heavy atom. The Balaban J connectivity index is 2.30. The summed E-state index contributed by atoms with van der Waals surface area (Å²) in [5, 5.41) is 20.0. The Kier molecular flexibility index (Phi) is 4.49. The highest BCUT2D eigenvalue weighted by atomic mass is 79.9. The summed E-state index contributed by atoms with van der Waals surface area (Å²) in [6, 6.07) is 5.63. The van der Waals surface area contributed by atoms with Crippen LogP contribution < -0.4 is 4.74 Å². The fourth-order valence-electron chi connectivity index (χ4n) is 1.70. The van der Waals surface area contributed by atoms with Gasteiger partial charge in [0.1, 0.15) is 12.4 Å². The highest BCUT2D eigenvalue weighted by Crippen LogP contribution is 2.29. The number of nitro benzene ring substituents is 1. The fraction of sp³-hybridized carbons (Fsp3) is 0.0769. The first-order valence-corrected chi connectivity index (χ1v) is 6.51. The molecule has 1 heterocycles. The number of aromatic carboxylic acids is 1. The van der Waals surface area contributed by atoms with Gasteiger partial charge in [0.05, 0.1) is 4.92 Å². The lowest BCUT2D eigenvalue weighted by Gasteiger charge is -2.09. The summed E-state index contributed by atoms with van der Waals surface area (Å²) in [4.78, 5) is 25.3. The predicted octanol–water partition coefficient (Wildman–Crippen LogP) is 3.03. The average molecular weight is 353 g/mol. The van der Waals surface area contributed by atoms with Crippen LogP contribution in [0.4, 0.5) is 5.69 Å². The predicted molar refractivity (Wildman–Crippen MR) is 76.3 cm³/mol. The van der Waals surface area contributed by atoms with Gasteiger partial charge in [-0.05, 0) is 28.1 Å². The van der Waals surface area contributed by atoms with Crippen molar-refractivity contribution in [2.24, 2.45) is 0 Å².